The number of para-hydroxylation sites is 2. The Morgan fingerprint density at radius 2 is 1.96 bits per heavy atom. The van der Waals surface area contributed by atoms with E-state index in [-0.39, 0.29) is 18.5 Å². The van der Waals surface area contributed by atoms with Gasteiger partial charge in [-0.05, 0) is 19.1 Å². The SMILES string of the molecule is COCC(C)NC(=O)NC(=O)CN1CCN(C)c2ccccc21. The van der Waals surface area contributed by atoms with Crippen molar-refractivity contribution >= 4 is 23.3 Å². The number of fused-ring (bicyclic) bond motifs is 1. The topological polar surface area (TPSA) is 73.9 Å². The van der Waals surface area contributed by atoms with Crippen LogP contribution in [0.15, 0.2) is 24.3 Å². The van der Waals surface area contributed by atoms with Crippen molar-refractivity contribution < 1.29 is 14.3 Å². The average molecular weight is 320 g/mol. The van der Waals surface area contributed by atoms with E-state index >= 15 is 0 Å². The Morgan fingerprint density at radius 3 is 2.65 bits per heavy atom. The molecule has 1 heterocycles. The number of nitrogens with one attached hydrogen (secondary N) is 2. The molecule has 0 aromatic heterocycles. The molecule has 2 N–H and O–H groups in total. The summed E-state index contributed by atoms with van der Waals surface area (Å²) in [7, 11) is 3.59. The maximum Gasteiger partial charge on any atom is 0.321 e. The highest BCUT2D eigenvalue weighted by atomic mass is 16.5. The number of nitrogens with zero attached hydrogens (tertiary/aromatic N) is 2. The lowest BCUT2D eigenvalue weighted by Crippen LogP contribution is -2.49. The Balaban J connectivity index is 1.91. The fourth-order valence-corrected chi connectivity index (χ4v) is 2.62. The quantitative estimate of drug-likeness (QED) is 0.840. The van der Waals surface area contributed by atoms with E-state index in [1.165, 1.54) is 0 Å². The summed E-state index contributed by atoms with van der Waals surface area (Å²) in [6, 6.07) is 7.28. The largest absolute Gasteiger partial charge is 0.383 e. The Labute approximate surface area is 136 Å². The number of methoxy groups -OCH3 is 1. The van der Waals surface area contributed by atoms with Crippen molar-refractivity contribution in [3.8, 4) is 0 Å². The molecule has 23 heavy (non-hydrogen) atoms. The molecule has 1 aliphatic rings. The molecule has 0 aliphatic carbocycles. The minimum Gasteiger partial charge on any atom is -0.383 e. The lowest BCUT2D eigenvalue weighted by atomic mass is 10.2. The van der Waals surface area contributed by atoms with Crippen molar-refractivity contribution in [1.82, 2.24) is 10.6 Å². The molecule has 0 bridgehead atoms. The van der Waals surface area contributed by atoms with Crippen LogP contribution in [0.4, 0.5) is 16.2 Å². The molecule has 1 aromatic rings. The van der Waals surface area contributed by atoms with Crippen LogP contribution >= 0.6 is 0 Å². The Bertz CT molecular complexity index is 564. The van der Waals surface area contributed by atoms with Crippen molar-refractivity contribution in [1.29, 1.82) is 0 Å². The second kappa shape index (κ2) is 7.82. The predicted molar refractivity (Wildman–Crippen MR) is 89.9 cm³/mol. The minimum atomic E-state index is -0.498. The van der Waals surface area contributed by atoms with Crippen molar-refractivity contribution in [3.63, 3.8) is 0 Å². The summed E-state index contributed by atoms with van der Waals surface area (Å²) in [6.07, 6.45) is 0. The van der Waals surface area contributed by atoms with Gasteiger partial charge < -0.3 is 19.9 Å². The van der Waals surface area contributed by atoms with Gasteiger partial charge in [0, 0.05) is 27.2 Å². The van der Waals surface area contributed by atoms with Gasteiger partial charge in [-0.3, -0.25) is 10.1 Å². The third kappa shape index (κ3) is 4.59. The summed E-state index contributed by atoms with van der Waals surface area (Å²) in [4.78, 5) is 28.0. The molecular formula is C16H24N4O3. The number of urea groups is 1. The zero-order valence-electron chi connectivity index (χ0n) is 13.8. The van der Waals surface area contributed by atoms with E-state index in [0.29, 0.717) is 6.61 Å². The number of hydrogen-bond acceptors (Lipinski definition) is 5. The Kier molecular flexibility index (Phi) is 5.81. The normalized spacial score (nSPS) is 14.9. The van der Waals surface area contributed by atoms with Crippen LogP contribution in [0.1, 0.15) is 6.92 Å². The van der Waals surface area contributed by atoms with Crippen LogP contribution in [0.2, 0.25) is 0 Å². The molecule has 0 fully saturated rings. The number of amides is 3. The molecule has 3 amide bonds. The number of likely N-dealkylation sites (N-methyl/N-ethyl adjacent to an activating group) is 1. The predicted octanol–water partition coefficient (Wildman–Crippen LogP) is 0.804. The smallest absolute Gasteiger partial charge is 0.321 e. The number of anilines is 2. The summed E-state index contributed by atoms with van der Waals surface area (Å²) < 4.78 is 4.94. The van der Waals surface area contributed by atoms with Crippen LogP contribution in [0.3, 0.4) is 0 Å². The molecule has 1 aliphatic heterocycles. The highest BCUT2D eigenvalue weighted by Crippen LogP contribution is 2.31. The van der Waals surface area contributed by atoms with Crippen LogP contribution < -0.4 is 20.4 Å². The molecule has 1 unspecified atom stereocenters. The number of rotatable bonds is 5. The molecule has 126 valence electrons. The van der Waals surface area contributed by atoms with Gasteiger partial charge in [-0.1, -0.05) is 12.1 Å². The molecule has 0 saturated heterocycles. The van der Waals surface area contributed by atoms with E-state index in [1.807, 2.05) is 43.1 Å². The maximum absolute atomic E-state index is 12.1. The van der Waals surface area contributed by atoms with Gasteiger partial charge in [-0.2, -0.15) is 0 Å². The van der Waals surface area contributed by atoms with Gasteiger partial charge in [0.1, 0.15) is 0 Å². The Morgan fingerprint density at radius 1 is 1.26 bits per heavy atom. The number of ether oxygens (including phenoxy) is 1. The summed E-state index contributed by atoms with van der Waals surface area (Å²) in [5.41, 5.74) is 2.09. The third-order valence-corrected chi connectivity index (χ3v) is 3.72. The van der Waals surface area contributed by atoms with E-state index < -0.39 is 6.03 Å². The van der Waals surface area contributed by atoms with E-state index in [4.69, 9.17) is 4.74 Å². The zero-order chi connectivity index (χ0) is 16.8. The zero-order valence-corrected chi connectivity index (χ0v) is 13.8. The molecule has 2 rings (SSSR count). The highest BCUT2D eigenvalue weighted by molar-refractivity contribution is 5.97. The summed E-state index contributed by atoms with van der Waals surface area (Å²) in [5.74, 6) is -0.327. The molecule has 0 spiro atoms. The van der Waals surface area contributed by atoms with Gasteiger partial charge in [0.25, 0.3) is 0 Å². The first-order valence-electron chi connectivity index (χ1n) is 7.65. The molecule has 0 saturated carbocycles. The van der Waals surface area contributed by atoms with Crippen molar-refractivity contribution in [3.05, 3.63) is 24.3 Å². The van der Waals surface area contributed by atoms with Gasteiger partial charge in [0.05, 0.1) is 30.6 Å². The van der Waals surface area contributed by atoms with Gasteiger partial charge in [-0.25, -0.2) is 4.79 Å². The number of carbonyl (C=O) groups excluding carboxylic acids is 2. The summed E-state index contributed by atoms with van der Waals surface area (Å²) in [6.45, 7) is 3.93. The highest BCUT2D eigenvalue weighted by Gasteiger charge is 2.22. The minimum absolute atomic E-state index is 0.150. The van der Waals surface area contributed by atoms with E-state index in [9.17, 15) is 9.59 Å². The second-order valence-corrected chi connectivity index (χ2v) is 5.71. The standard InChI is InChI=1S/C16H24N4O3/c1-12(11-23-3)17-16(22)18-15(21)10-20-9-8-19(2)13-6-4-5-7-14(13)20/h4-7,12H,8-11H2,1-3H3,(H2,17,18,21,22). The Hall–Kier alpha value is -2.28. The first-order chi connectivity index (χ1) is 11.0. The van der Waals surface area contributed by atoms with Crippen LogP contribution in [0, 0.1) is 0 Å². The number of benzene rings is 1. The van der Waals surface area contributed by atoms with Crippen LogP contribution in [-0.2, 0) is 9.53 Å². The number of imide groups is 1. The van der Waals surface area contributed by atoms with Crippen LogP contribution in [-0.4, -0.2) is 58.4 Å². The fourth-order valence-electron chi connectivity index (χ4n) is 2.62. The first kappa shape index (κ1) is 17.1. The monoisotopic (exact) mass is 320 g/mol. The summed E-state index contributed by atoms with van der Waals surface area (Å²) >= 11 is 0. The van der Waals surface area contributed by atoms with Gasteiger partial charge >= 0.3 is 6.03 Å². The number of hydrogen-bond donors (Lipinski definition) is 2. The molecule has 7 nitrogen and oxygen atoms in total. The molecule has 0 radical (unpaired) electrons. The van der Waals surface area contributed by atoms with E-state index in [2.05, 4.69) is 15.5 Å². The van der Waals surface area contributed by atoms with Crippen molar-refractivity contribution in [2.45, 2.75) is 13.0 Å². The first-order valence-corrected chi connectivity index (χ1v) is 7.65. The second-order valence-electron chi connectivity index (χ2n) is 5.71. The lowest BCUT2D eigenvalue weighted by molar-refractivity contribution is -0.118. The van der Waals surface area contributed by atoms with Gasteiger partial charge in [0.2, 0.25) is 5.91 Å². The van der Waals surface area contributed by atoms with Crippen LogP contribution in [0.25, 0.3) is 0 Å². The molecule has 1 atom stereocenters. The van der Waals surface area contributed by atoms with Crippen molar-refractivity contribution in [2.24, 2.45) is 0 Å². The van der Waals surface area contributed by atoms with E-state index in [0.717, 1.165) is 24.5 Å². The average Bonchev–Trinajstić information content (AvgIpc) is 2.50. The maximum atomic E-state index is 12.1. The molecular weight excluding hydrogens is 296 g/mol. The number of carbonyl (C=O) groups is 2. The summed E-state index contributed by atoms with van der Waals surface area (Å²) in [5, 5.41) is 5.01. The van der Waals surface area contributed by atoms with Crippen molar-refractivity contribution in [2.75, 3.05) is 50.2 Å². The van der Waals surface area contributed by atoms with Gasteiger partial charge in [-0.15, -0.1) is 0 Å². The molecule has 7 heteroatoms. The fraction of sp³-hybridized carbons (Fsp3) is 0.500. The van der Waals surface area contributed by atoms with E-state index in [1.54, 1.807) is 7.11 Å². The molecule has 1 aromatic carbocycles. The lowest BCUT2D eigenvalue weighted by Gasteiger charge is -2.36. The van der Waals surface area contributed by atoms with Crippen LogP contribution in [0.5, 0.6) is 0 Å². The van der Waals surface area contributed by atoms with Gasteiger partial charge in [0.15, 0.2) is 0 Å². The third-order valence-electron chi connectivity index (χ3n) is 3.72.